The number of Topliss-reactive ketones (excluding diaryl/α,β-unsaturated/α-hetero) is 1. The molecule has 1 atom stereocenters. The van der Waals surface area contributed by atoms with Crippen LogP contribution >= 0.6 is 0 Å². The van der Waals surface area contributed by atoms with Gasteiger partial charge in [-0.15, -0.1) is 0 Å². The number of anilines is 1. The molecule has 118 valence electrons. The van der Waals surface area contributed by atoms with Crippen LogP contribution in [-0.2, 0) is 9.53 Å². The van der Waals surface area contributed by atoms with E-state index in [4.69, 9.17) is 4.74 Å². The minimum absolute atomic E-state index is 0.0787. The van der Waals surface area contributed by atoms with Crippen LogP contribution in [0.15, 0.2) is 24.3 Å². The van der Waals surface area contributed by atoms with Crippen LogP contribution in [0.2, 0.25) is 0 Å². The van der Waals surface area contributed by atoms with Crippen LogP contribution in [0.4, 0.5) is 10.5 Å². The molecule has 0 saturated carbocycles. The lowest BCUT2D eigenvalue weighted by atomic mass is 10.1. The van der Waals surface area contributed by atoms with E-state index < -0.39 is 12.2 Å². The zero-order valence-electron chi connectivity index (χ0n) is 13.2. The molecule has 1 fully saturated rings. The fourth-order valence-corrected chi connectivity index (χ4v) is 2.13. The number of nitrogens with zero attached hydrogens (tertiary/aromatic N) is 2. The third-order valence-electron chi connectivity index (χ3n) is 3.77. The molecule has 0 aromatic heterocycles. The molecule has 1 aromatic carbocycles. The van der Waals surface area contributed by atoms with Gasteiger partial charge in [-0.2, -0.15) is 0 Å². The molecule has 0 aliphatic carbocycles. The molecule has 22 heavy (non-hydrogen) atoms. The quantitative estimate of drug-likeness (QED) is 0.854. The summed E-state index contributed by atoms with van der Waals surface area (Å²) in [6.45, 7) is 5.42. The number of rotatable bonds is 4. The molecule has 0 spiro atoms. The van der Waals surface area contributed by atoms with Gasteiger partial charge in [-0.25, -0.2) is 4.79 Å². The number of hydrogen-bond acceptors (Lipinski definition) is 4. The topological polar surface area (TPSA) is 66.9 Å². The highest BCUT2D eigenvalue weighted by Crippen LogP contribution is 2.23. The molecular formula is C16H20N2O4. The molecule has 6 nitrogen and oxygen atoms in total. The Balaban J connectivity index is 2.24. The molecule has 2 rings (SSSR count). The average Bonchev–Trinajstić information content (AvgIpc) is 2.88. The van der Waals surface area contributed by atoms with Gasteiger partial charge in [0, 0.05) is 24.3 Å². The lowest BCUT2D eigenvalue weighted by Crippen LogP contribution is -2.33. The predicted molar refractivity (Wildman–Crippen MR) is 82.0 cm³/mol. The van der Waals surface area contributed by atoms with Gasteiger partial charge in [0.15, 0.2) is 11.9 Å². The SMILES string of the molecule is CC(=O)C1CN(c2cccc(C(=O)N(C)C(C)C)c2)C(=O)O1. The van der Waals surface area contributed by atoms with Gasteiger partial charge < -0.3 is 9.64 Å². The van der Waals surface area contributed by atoms with Crippen LogP contribution in [-0.4, -0.2) is 48.4 Å². The minimum Gasteiger partial charge on any atom is -0.436 e. The van der Waals surface area contributed by atoms with Gasteiger partial charge in [0.1, 0.15) is 0 Å². The number of carbonyl (C=O) groups excluding carboxylic acids is 3. The van der Waals surface area contributed by atoms with E-state index in [-0.39, 0.29) is 24.3 Å². The van der Waals surface area contributed by atoms with E-state index in [2.05, 4.69) is 0 Å². The highest BCUT2D eigenvalue weighted by atomic mass is 16.6. The molecule has 1 aliphatic heterocycles. The van der Waals surface area contributed by atoms with Crippen molar-refractivity contribution in [3.8, 4) is 0 Å². The summed E-state index contributed by atoms with van der Waals surface area (Å²) in [5, 5.41) is 0. The van der Waals surface area contributed by atoms with Crippen molar-refractivity contribution >= 4 is 23.5 Å². The second kappa shape index (κ2) is 6.17. The average molecular weight is 304 g/mol. The fraction of sp³-hybridized carbons (Fsp3) is 0.438. The third-order valence-corrected chi connectivity index (χ3v) is 3.77. The van der Waals surface area contributed by atoms with E-state index in [1.54, 1.807) is 36.2 Å². The number of carbonyl (C=O) groups is 3. The fourth-order valence-electron chi connectivity index (χ4n) is 2.13. The number of amides is 2. The Hall–Kier alpha value is -2.37. The number of ketones is 1. The summed E-state index contributed by atoms with van der Waals surface area (Å²) >= 11 is 0. The maximum Gasteiger partial charge on any atom is 0.415 e. The maximum absolute atomic E-state index is 12.3. The molecule has 1 aliphatic rings. The van der Waals surface area contributed by atoms with Crippen molar-refractivity contribution in [3.63, 3.8) is 0 Å². The smallest absolute Gasteiger partial charge is 0.415 e. The van der Waals surface area contributed by atoms with E-state index in [1.165, 1.54) is 11.8 Å². The summed E-state index contributed by atoms with van der Waals surface area (Å²) in [7, 11) is 1.73. The van der Waals surface area contributed by atoms with Gasteiger partial charge in [-0.05, 0) is 39.0 Å². The summed E-state index contributed by atoms with van der Waals surface area (Å²) in [6.07, 6.45) is -1.31. The first kappa shape index (κ1) is 16.0. The number of benzene rings is 1. The highest BCUT2D eigenvalue weighted by molar-refractivity contribution is 5.98. The Morgan fingerprint density at radius 2 is 2.05 bits per heavy atom. The summed E-state index contributed by atoms with van der Waals surface area (Å²) in [4.78, 5) is 38.6. The summed E-state index contributed by atoms with van der Waals surface area (Å²) in [6, 6.07) is 6.86. The molecule has 1 heterocycles. The number of ether oxygens (including phenoxy) is 1. The first-order valence-corrected chi connectivity index (χ1v) is 7.17. The second-order valence-corrected chi connectivity index (χ2v) is 5.65. The minimum atomic E-state index is -0.745. The van der Waals surface area contributed by atoms with Crippen molar-refractivity contribution < 1.29 is 19.1 Å². The zero-order chi connectivity index (χ0) is 16.4. The molecule has 6 heteroatoms. The van der Waals surface area contributed by atoms with Gasteiger partial charge in [0.05, 0.1) is 6.54 Å². The van der Waals surface area contributed by atoms with E-state index in [0.717, 1.165) is 0 Å². The monoisotopic (exact) mass is 304 g/mol. The Morgan fingerprint density at radius 3 is 2.59 bits per heavy atom. The first-order chi connectivity index (χ1) is 10.3. The Morgan fingerprint density at radius 1 is 1.36 bits per heavy atom. The Kier molecular flexibility index (Phi) is 4.49. The van der Waals surface area contributed by atoms with Crippen LogP contribution in [0.5, 0.6) is 0 Å². The van der Waals surface area contributed by atoms with Crippen LogP contribution in [0.3, 0.4) is 0 Å². The lowest BCUT2D eigenvalue weighted by molar-refractivity contribution is -0.123. The van der Waals surface area contributed by atoms with Gasteiger partial charge >= 0.3 is 6.09 Å². The van der Waals surface area contributed by atoms with Crippen LogP contribution < -0.4 is 4.90 Å². The van der Waals surface area contributed by atoms with Crippen molar-refractivity contribution in [1.29, 1.82) is 0 Å². The summed E-state index contributed by atoms with van der Waals surface area (Å²) in [5.74, 6) is -0.310. The standard InChI is InChI=1S/C16H20N2O4/c1-10(2)17(4)15(20)12-6-5-7-13(8-12)18-9-14(11(3)19)22-16(18)21/h5-8,10,14H,9H2,1-4H3. The Labute approximate surface area is 129 Å². The van der Waals surface area contributed by atoms with Crippen LogP contribution in [0.25, 0.3) is 0 Å². The van der Waals surface area contributed by atoms with Crippen molar-refractivity contribution in [3.05, 3.63) is 29.8 Å². The zero-order valence-corrected chi connectivity index (χ0v) is 13.2. The van der Waals surface area contributed by atoms with Crippen molar-refractivity contribution in [1.82, 2.24) is 4.90 Å². The molecule has 0 N–H and O–H groups in total. The highest BCUT2D eigenvalue weighted by Gasteiger charge is 2.35. The summed E-state index contributed by atoms with van der Waals surface area (Å²) < 4.78 is 5.02. The van der Waals surface area contributed by atoms with Gasteiger partial charge in [-0.1, -0.05) is 6.07 Å². The van der Waals surface area contributed by atoms with Crippen LogP contribution in [0, 0.1) is 0 Å². The Bertz CT molecular complexity index is 612. The largest absolute Gasteiger partial charge is 0.436 e. The number of cyclic esters (lactones) is 1. The molecule has 0 bridgehead atoms. The van der Waals surface area contributed by atoms with E-state index in [1.807, 2.05) is 13.8 Å². The van der Waals surface area contributed by atoms with Gasteiger partial charge in [0.2, 0.25) is 0 Å². The third kappa shape index (κ3) is 3.10. The molecule has 0 radical (unpaired) electrons. The van der Waals surface area contributed by atoms with E-state index in [0.29, 0.717) is 11.3 Å². The van der Waals surface area contributed by atoms with Crippen molar-refractivity contribution in [2.24, 2.45) is 0 Å². The lowest BCUT2D eigenvalue weighted by Gasteiger charge is -2.22. The van der Waals surface area contributed by atoms with Crippen molar-refractivity contribution in [2.75, 3.05) is 18.5 Å². The normalized spacial score (nSPS) is 17.6. The summed E-state index contributed by atoms with van der Waals surface area (Å²) in [5.41, 5.74) is 1.05. The van der Waals surface area contributed by atoms with E-state index >= 15 is 0 Å². The molecule has 1 aromatic rings. The molecule has 1 unspecified atom stereocenters. The second-order valence-electron chi connectivity index (χ2n) is 5.65. The number of hydrogen-bond donors (Lipinski definition) is 0. The maximum atomic E-state index is 12.3. The van der Waals surface area contributed by atoms with Gasteiger partial charge in [-0.3, -0.25) is 14.5 Å². The predicted octanol–water partition coefficient (Wildman–Crippen LogP) is 2.08. The molecular weight excluding hydrogens is 284 g/mol. The molecule has 1 saturated heterocycles. The van der Waals surface area contributed by atoms with Crippen molar-refractivity contribution in [2.45, 2.75) is 32.9 Å². The first-order valence-electron chi connectivity index (χ1n) is 7.17. The van der Waals surface area contributed by atoms with Crippen LogP contribution in [0.1, 0.15) is 31.1 Å². The molecule has 2 amide bonds. The van der Waals surface area contributed by atoms with Gasteiger partial charge in [0.25, 0.3) is 5.91 Å². The van der Waals surface area contributed by atoms with E-state index in [9.17, 15) is 14.4 Å².